The van der Waals surface area contributed by atoms with Crippen LogP contribution in [-0.4, -0.2) is 24.5 Å². The highest BCUT2D eigenvalue weighted by atomic mass is 35.5. The molecule has 3 aromatic heterocycles. The molecule has 0 saturated heterocycles. The molecule has 0 spiro atoms. The van der Waals surface area contributed by atoms with Gasteiger partial charge in [-0.2, -0.15) is 10.2 Å². The van der Waals surface area contributed by atoms with Crippen LogP contribution in [0.4, 0.5) is 10.2 Å². The molecule has 2 bridgehead atoms. The van der Waals surface area contributed by atoms with Crippen molar-refractivity contribution >= 4 is 17.4 Å². The van der Waals surface area contributed by atoms with Crippen LogP contribution < -0.4 is 10.5 Å². The molecule has 1 aliphatic heterocycles. The Morgan fingerprint density at radius 2 is 2.10 bits per heavy atom. The number of nitrogens with two attached hydrogens (primary N) is 1. The lowest BCUT2D eigenvalue weighted by Crippen LogP contribution is -2.13. The molecule has 1 aliphatic rings. The fourth-order valence-electron chi connectivity index (χ4n) is 4.02. The molecule has 9 heteroatoms. The number of pyridine rings is 1. The molecule has 7 nitrogen and oxygen atoms in total. The van der Waals surface area contributed by atoms with Crippen LogP contribution in [0.5, 0.6) is 5.75 Å². The number of ether oxygens (including phenoxy) is 1. The molecule has 0 fully saturated rings. The minimum absolute atomic E-state index is 0.262. The summed E-state index contributed by atoms with van der Waals surface area (Å²) in [5, 5.41) is 9.36. The number of nitrogen functional groups attached to an aromatic ring is 1. The number of hydrogen-bond donors (Lipinski definition) is 1. The van der Waals surface area contributed by atoms with Gasteiger partial charge in [-0.1, -0.05) is 11.6 Å². The van der Waals surface area contributed by atoms with Gasteiger partial charge in [-0.3, -0.25) is 4.68 Å². The number of aromatic nitrogens is 5. The summed E-state index contributed by atoms with van der Waals surface area (Å²) in [6.45, 7) is 4.55. The summed E-state index contributed by atoms with van der Waals surface area (Å²) in [6, 6.07) is 8.19. The fourth-order valence-corrected chi connectivity index (χ4v) is 4.22. The number of benzene rings is 1. The fraction of sp³-hybridized carbons (Fsp3) is 0.227. The molecule has 1 aromatic carbocycles. The van der Waals surface area contributed by atoms with Crippen LogP contribution in [-0.2, 0) is 13.0 Å². The first-order valence-electron chi connectivity index (χ1n) is 9.96. The maximum absolute atomic E-state index is 14.2. The molecule has 4 heterocycles. The van der Waals surface area contributed by atoms with Gasteiger partial charge < -0.3 is 10.5 Å². The monoisotopic (exact) mass is 438 g/mol. The lowest BCUT2D eigenvalue weighted by Gasteiger charge is -2.21. The maximum atomic E-state index is 14.2. The van der Waals surface area contributed by atoms with E-state index in [1.165, 1.54) is 12.1 Å². The van der Waals surface area contributed by atoms with Crippen molar-refractivity contribution in [2.24, 2.45) is 0 Å². The molecule has 0 saturated carbocycles. The Morgan fingerprint density at radius 3 is 2.90 bits per heavy atom. The van der Waals surface area contributed by atoms with Gasteiger partial charge in [-0.15, -0.1) is 0 Å². The molecular formula is C22H20ClFN6O. The summed E-state index contributed by atoms with van der Waals surface area (Å²) in [5.41, 5.74) is 11.0. The van der Waals surface area contributed by atoms with Crippen LogP contribution in [0.2, 0.25) is 5.15 Å². The molecular weight excluding hydrogens is 419 g/mol. The van der Waals surface area contributed by atoms with Crippen LogP contribution in [0.1, 0.15) is 36.8 Å². The van der Waals surface area contributed by atoms with E-state index in [9.17, 15) is 4.39 Å². The van der Waals surface area contributed by atoms with Gasteiger partial charge in [0.25, 0.3) is 0 Å². The van der Waals surface area contributed by atoms with Crippen molar-refractivity contribution in [3.05, 3.63) is 70.5 Å². The number of aryl methyl sites for hydroxylation is 1. The van der Waals surface area contributed by atoms with E-state index < -0.39 is 6.10 Å². The molecule has 0 aliphatic carbocycles. The maximum Gasteiger partial charge on any atom is 0.166 e. The third-order valence-corrected chi connectivity index (χ3v) is 5.64. The molecule has 0 amide bonds. The van der Waals surface area contributed by atoms with Crippen molar-refractivity contribution in [2.75, 3.05) is 5.73 Å². The van der Waals surface area contributed by atoms with Gasteiger partial charge in [0.05, 0.1) is 23.3 Å². The van der Waals surface area contributed by atoms with E-state index in [1.54, 1.807) is 16.9 Å². The first-order valence-corrected chi connectivity index (χ1v) is 10.3. The summed E-state index contributed by atoms with van der Waals surface area (Å²) < 4.78 is 24.0. The summed E-state index contributed by atoms with van der Waals surface area (Å²) in [5.74, 6) is 0.319. The van der Waals surface area contributed by atoms with Crippen molar-refractivity contribution in [3.63, 3.8) is 0 Å². The normalized spacial score (nSPS) is 15.2. The Balaban J connectivity index is 1.81. The molecule has 1 atom stereocenters. The lowest BCUT2D eigenvalue weighted by atomic mass is 10.0. The van der Waals surface area contributed by atoms with Crippen LogP contribution >= 0.6 is 11.6 Å². The first-order chi connectivity index (χ1) is 14.9. The SMILES string of the molecule is CCn1ncc2c1-c1cnc(N)c(c1)OC(C)c1cc(F)ccc1-n1nc(Cl)cc1C2. The number of halogens is 2. The molecule has 5 rings (SSSR count). The minimum atomic E-state index is -0.518. The Kier molecular flexibility index (Phi) is 4.66. The predicted molar refractivity (Wildman–Crippen MR) is 116 cm³/mol. The van der Waals surface area contributed by atoms with Crippen molar-refractivity contribution in [1.29, 1.82) is 0 Å². The Labute approximate surface area is 183 Å². The van der Waals surface area contributed by atoms with E-state index in [4.69, 9.17) is 22.1 Å². The molecule has 0 radical (unpaired) electrons. The van der Waals surface area contributed by atoms with Crippen LogP contribution in [0.15, 0.2) is 42.7 Å². The summed E-state index contributed by atoms with van der Waals surface area (Å²) >= 11 is 6.29. The van der Waals surface area contributed by atoms with Gasteiger partial charge in [0.15, 0.2) is 16.7 Å². The lowest BCUT2D eigenvalue weighted by molar-refractivity contribution is 0.226. The second kappa shape index (κ2) is 7.39. The molecule has 2 N–H and O–H groups in total. The molecule has 31 heavy (non-hydrogen) atoms. The number of fused-ring (bicyclic) bond motifs is 7. The zero-order valence-electron chi connectivity index (χ0n) is 17.0. The smallest absolute Gasteiger partial charge is 0.166 e. The van der Waals surface area contributed by atoms with E-state index in [-0.39, 0.29) is 11.6 Å². The third-order valence-electron chi connectivity index (χ3n) is 5.45. The van der Waals surface area contributed by atoms with Crippen molar-refractivity contribution in [2.45, 2.75) is 32.9 Å². The van der Waals surface area contributed by atoms with Crippen molar-refractivity contribution in [3.8, 4) is 22.7 Å². The van der Waals surface area contributed by atoms with E-state index >= 15 is 0 Å². The largest absolute Gasteiger partial charge is 0.482 e. The second-order valence-corrected chi connectivity index (χ2v) is 7.84. The predicted octanol–water partition coefficient (Wildman–Crippen LogP) is 4.57. The first kappa shape index (κ1) is 19.6. The Hall–Kier alpha value is -3.39. The van der Waals surface area contributed by atoms with Crippen molar-refractivity contribution in [1.82, 2.24) is 24.5 Å². The second-order valence-electron chi connectivity index (χ2n) is 7.45. The van der Waals surface area contributed by atoms with Crippen LogP contribution in [0.3, 0.4) is 0 Å². The topological polar surface area (TPSA) is 83.8 Å². The van der Waals surface area contributed by atoms with Gasteiger partial charge in [0, 0.05) is 35.9 Å². The summed E-state index contributed by atoms with van der Waals surface area (Å²) in [4.78, 5) is 4.34. The van der Waals surface area contributed by atoms with E-state index in [2.05, 4.69) is 15.2 Å². The number of anilines is 1. The van der Waals surface area contributed by atoms with Crippen LogP contribution in [0.25, 0.3) is 16.9 Å². The number of rotatable bonds is 1. The van der Waals surface area contributed by atoms with Gasteiger partial charge in [-0.05, 0) is 44.2 Å². The van der Waals surface area contributed by atoms with Crippen LogP contribution in [0, 0.1) is 5.82 Å². The highest BCUT2D eigenvalue weighted by Gasteiger charge is 2.23. The standard InChI is InChI=1S/C22H20ClFN6O/c1-3-29-21-13(11-27-29)6-16-9-20(23)28-30(16)18-5-4-15(24)8-17(18)12(2)31-19-7-14(21)10-26-22(19)25/h4-5,7-12H,3,6H2,1-2H3,(H2,25,26). The zero-order chi connectivity index (χ0) is 21.7. The minimum Gasteiger partial charge on any atom is -0.482 e. The third kappa shape index (κ3) is 3.33. The highest BCUT2D eigenvalue weighted by molar-refractivity contribution is 6.29. The van der Waals surface area contributed by atoms with E-state index in [0.717, 1.165) is 22.5 Å². The highest BCUT2D eigenvalue weighted by Crippen LogP contribution is 2.36. The average Bonchev–Trinajstić information content (AvgIpc) is 3.32. The van der Waals surface area contributed by atoms with Gasteiger partial charge in [-0.25, -0.2) is 14.1 Å². The summed E-state index contributed by atoms with van der Waals surface area (Å²) in [7, 11) is 0. The quantitative estimate of drug-likeness (QED) is 0.470. The Bertz CT molecular complexity index is 1300. The molecule has 1 unspecified atom stereocenters. The summed E-state index contributed by atoms with van der Waals surface area (Å²) in [6.07, 6.45) is 3.56. The molecule has 4 aromatic rings. The van der Waals surface area contributed by atoms with Gasteiger partial charge in [0.1, 0.15) is 11.9 Å². The van der Waals surface area contributed by atoms with E-state index in [1.807, 2.05) is 36.9 Å². The average molecular weight is 439 g/mol. The number of nitrogens with zero attached hydrogens (tertiary/aromatic N) is 5. The van der Waals surface area contributed by atoms with Crippen molar-refractivity contribution < 1.29 is 9.13 Å². The Morgan fingerprint density at radius 1 is 1.26 bits per heavy atom. The van der Waals surface area contributed by atoms with E-state index in [0.29, 0.717) is 35.1 Å². The van der Waals surface area contributed by atoms with Gasteiger partial charge in [0.2, 0.25) is 0 Å². The zero-order valence-corrected chi connectivity index (χ0v) is 17.8. The van der Waals surface area contributed by atoms with Gasteiger partial charge >= 0.3 is 0 Å². The number of hydrogen-bond acceptors (Lipinski definition) is 5. The molecule has 158 valence electrons.